The van der Waals surface area contributed by atoms with Crippen LogP contribution in [0.4, 0.5) is 0 Å². The molecule has 1 atom stereocenters. The highest BCUT2D eigenvalue weighted by atomic mass is 35.5. The third-order valence-corrected chi connectivity index (χ3v) is 3.70. The Bertz CT molecular complexity index is 276. The Morgan fingerprint density at radius 1 is 1.44 bits per heavy atom. The van der Waals surface area contributed by atoms with Crippen LogP contribution in [-0.2, 0) is 10.2 Å². The Labute approximate surface area is 104 Å². The van der Waals surface area contributed by atoms with Crippen LogP contribution in [-0.4, -0.2) is 33.6 Å². The van der Waals surface area contributed by atoms with Crippen LogP contribution in [0.3, 0.4) is 0 Å². The van der Waals surface area contributed by atoms with Gasteiger partial charge in [-0.1, -0.05) is 0 Å². The van der Waals surface area contributed by atoms with Crippen molar-refractivity contribution < 1.29 is 8.42 Å². The van der Waals surface area contributed by atoms with E-state index >= 15 is 0 Å². The Kier molecular flexibility index (Phi) is 7.50. The number of hydrogen-bond acceptors (Lipinski definition) is 3. The van der Waals surface area contributed by atoms with E-state index in [4.69, 9.17) is 0 Å². The van der Waals surface area contributed by atoms with E-state index in [0.29, 0.717) is 12.6 Å². The molecule has 0 unspecified atom stereocenters. The molecule has 0 aromatic carbocycles. The molecule has 3 N–H and O–H groups in total. The summed E-state index contributed by atoms with van der Waals surface area (Å²) in [6.45, 7) is 5.16. The Morgan fingerprint density at radius 3 is 2.62 bits per heavy atom. The van der Waals surface area contributed by atoms with Gasteiger partial charge < -0.3 is 5.32 Å². The maximum atomic E-state index is 11.4. The van der Waals surface area contributed by atoms with Crippen molar-refractivity contribution in [1.29, 1.82) is 0 Å². The van der Waals surface area contributed by atoms with Crippen molar-refractivity contribution in [1.82, 2.24) is 14.8 Å². The summed E-state index contributed by atoms with van der Waals surface area (Å²) in [6, 6.07) is 0.416. The van der Waals surface area contributed by atoms with E-state index in [1.54, 1.807) is 13.8 Å². The maximum Gasteiger partial charge on any atom is 0.277 e. The zero-order valence-corrected chi connectivity index (χ0v) is 11.5. The first-order chi connectivity index (χ1) is 6.99. The molecule has 1 aliphatic rings. The molecule has 1 heterocycles. The summed E-state index contributed by atoms with van der Waals surface area (Å²) in [6.07, 6.45) is 3.21. The lowest BCUT2D eigenvalue weighted by atomic mass is 10.2. The van der Waals surface area contributed by atoms with Crippen LogP contribution >= 0.6 is 12.4 Å². The van der Waals surface area contributed by atoms with Gasteiger partial charge in [0.05, 0.1) is 0 Å². The molecule has 5 nitrogen and oxygen atoms in total. The number of rotatable bonds is 6. The first-order valence-electron chi connectivity index (χ1n) is 5.50. The molecule has 1 fully saturated rings. The van der Waals surface area contributed by atoms with Crippen LogP contribution in [0.1, 0.15) is 33.1 Å². The second-order valence-corrected chi connectivity index (χ2v) is 5.78. The van der Waals surface area contributed by atoms with Crippen molar-refractivity contribution in [3.63, 3.8) is 0 Å². The molecule has 0 aliphatic carbocycles. The quantitative estimate of drug-likeness (QED) is 0.654. The van der Waals surface area contributed by atoms with Crippen molar-refractivity contribution >= 4 is 22.6 Å². The molecule has 1 aliphatic heterocycles. The Hall–Kier alpha value is 0.120. The van der Waals surface area contributed by atoms with Crippen LogP contribution in [0.5, 0.6) is 0 Å². The van der Waals surface area contributed by atoms with Crippen LogP contribution in [0, 0.1) is 0 Å². The number of hydrogen-bond donors (Lipinski definition) is 3. The highest BCUT2D eigenvalue weighted by Crippen LogP contribution is 2.07. The Morgan fingerprint density at radius 2 is 2.12 bits per heavy atom. The maximum absolute atomic E-state index is 11.4. The van der Waals surface area contributed by atoms with Gasteiger partial charge in [-0.05, 0) is 39.7 Å². The normalized spacial score (nSPS) is 21.1. The van der Waals surface area contributed by atoms with Crippen LogP contribution in [0.25, 0.3) is 0 Å². The minimum Gasteiger partial charge on any atom is -0.314 e. The Balaban J connectivity index is 0.00000225. The second-order valence-electron chi connectivity index (χ2n) is 4.25. The van der Waals surface area contributed by atoms with E-state index < -0.39 is 10.2 Å². The smallest absolute Gasteiger partial charge is 0.277 e. The van der Waals surface area contributed by atoms with E-state index in [0.717, 1.165) is 19.4 Å². The van der Waals surface area contributed by atoms with E-state index in [1.807, 2.05) is 0 Å². The summed E-state index contributed by atoms with van der Waals surface area (Å²) in [7, 11) is -3.30. The molecule has 7 heteroatoms. The van der Waals surface area contributed by atoms with Gasteiger partial charge >= 0.3 is 0 Å². The van der Waals surface area contributed by atoms with Gasteiger partial charge in [0.2, 0.25) is 0 Å². The topological polar surface area (TPSA) is 70.2 Å². The fourth-order valence-electron chi connectivity index (χ4n) is 1.72. The van der Waals surface area contributed by atoms with Gasteiger partial charge in [0.15, 0.2) is 0 Å². The minimum absolute atomic E-state index is 0. The van der Waals surface area contributed by atoms with Gasteiger partial charge in [-0.15, -0.1) is 12.4 Å². The van der Waals surface area contributed by atoms with Crippen molar-refractivity contribution in [2.24, 2.45) is 0 Å². The zero-order chi connectivity index (χ0) is 11.3. The monoisotopic (exact) mass is 271 g/mol. The molecule has 0 aromatic heterocycles. The largest absolute Gasteiger partial charge is 0.314 e. The molecule has 1 rings (SSSR count). The molecule has 16 heavy (non-hydrogen) atoms. The van der Waals surface area contributed by atoms with Crippen LogP contribution < -0.4 is 14.8 Å². The summed E-state index contributed by atoms with van der Waals surface area (Å²) < 4.78 is 27.8. The molecular formula is C9H22ClN3O2S. The molecule has 0 amide bonds. The van der Waals surface area contributed by atoms with Crippen molar-refractivity contribution in [3.05, 3.63) is 0 Å². The average Bonchev–Trinajstić information content (AvgIpc) is 2.53. The molecular weight excluding hydrogens is 250 g/mol. The third-order valence-electron chi connectivity index (χ3n) is 2.34. The molecule has 98 valence electrons. The number of halogens is 1. The SMILES string of the molecule is CC(C)NS(=O)(=O)NCC[C@H]1CCCN1.Cl. The lowest BCUT2D eigenvalue weighted by Gasteiger charge is -2.13. The summed E-state index contributed by atoms with van der Waals surface area (Å²) in [5, 5.41) is 3.33. The third kappa shape index (κ3) is 6.65. The van der Waals surface area contributed by atoms with Crippen LogP contribution in [0.15, 0.2) is 0 Å². The van der Waals surface area contributed by atoms with E-state index in [2.05, 4.69) is 14.8 Å². The predicted molar refractivity (Wildman–Crippen MR) is 68.1 cm³/mol. The summed E-state index contributed by atoms with van der Waals surface area (Å²) >= 11 is 0. The standard InChI is InChI=1S/C9H21N3O2S.ClH/c1-8(2)12-15(13,14)11-7-5-9-4-3-6-10-9;/h8-12H,3-7H2,1-2H3;1H/t9-;/m1./s1. The zero-order valence-electron chi connectivity index (χ0n) is 9.82. The molecule has 1 saturated heterocycles. The second kappa shape index (κ2) is 7.45. The van der Waals surface area contributed by atoms with Gasteiger partial charge in [-0.3, -0.25) is 0 Å². The highest BCUT2D eigenvalue weighted by Gasteiger charge is 2.15. The van der Waals surface area contributed by atoms with Gasteiger partial charge in [-0.25, -0.2) is 4.72 Å². The lowest BCUT2D eigenvalue weighted by Crippen LogP contribution is -2.41. The van der Waals surface area contributed by atoms with Gasteiger partial charge in [0.1, 0.15) is 0 Å². The van der Waals surface area contributed by atoms with Crippen molar-refractivity contribution in [3.8, 4) is 0 Å². The molecule has 0 spiro atoms. The van der Waals surface area contributed by atoms with Gasteiger partial charge in [0.25, 0.3) is 10.2 Å². The highest BCUT2D eigenvalue weighted by molar-refractivity contribution is 7.87. The molecule has 0 radical (unpaired) electrons. The van der Waals surface area contributed by atoms with Gasteiger partial charge in [0, 0.05) is 18.6 Å². The van der Waals surface area contributed by atoms with Crippen molar-refractivity contribution in [2.45, 2.75) is 45.2 Å². The van der Waals surface area contributed by atoms with Gasteiger partial charge in [-0.2, -0.15) is 13.1 Å². The van der Waals surface area contributed by atoms with Crippen LogP contribution in [0.2, 0.25) is 0 Å². The summed E-state index contributed by atoms with van der Waals surface area (Å²) in [4.78, 5) is 0. The summed E-state index contributed by atoms with van der Waals surface area (Å²) in [5.41, 5.74) is 0. The lowest BCUT2D eigenvalue weighted by molar-refractivity contribution is 0.528. The molecule has 0 saturated carbocycles. The van der Waals surface area contributed by atoms with E-state index in [9.17, 15) is 8.42 Å². The van der Waals surface area contributed by atoms with E-state index in [-0.39, 0.29) is 18.4 Å². The summed E-state index contributed by atoms with van der Waals surface area (Å²) in [5.74, 6) is 0. The molecule has 0 aromatic rings. The minimum atomic E-state index is -3.30. The fourth-order valence-corrected chi connectivity index (χ4v) is 2.81. The van der Waals surface area contributed by atoms with E-state index in [1.165, 1.54) is 6.42 Å². The molecule has 0 bridgehead atoms. The predicted octanol–water partition coefficient (Wildman–Crippen LogP) is 0.383. The first-order valence-corrected chi connectivity index (χ1v) is 6.98. The average molecular weight is 272 g/mol. The first kappa shape index (κ1) is 16.1. The number of nitrogens with one attached hydrogen (secondary N) is 3. The van der Waals surface area contributed by atoms with Crippen molar-refractivity contribution in [2.75, 3.05) is 13.1 Å². The fraction of sp³-hybridized carbons (Fsp3) is 1.00.